The number of hydrogen-bond donors (Lipinski definition) is 1. The predicted octanol–water partition coefficient (Wildman–Crippen LogP) is 14.2. The maximum absolute atomic E-state index is 15.5. The maximum atomic E-state index is 15.5. The van der Waals surface area contributed by atoms with Crippen molar-refractivity contribution in [2.24, 2.45) is 4.99 Å². The zero-order valence-corrected chi connectivity index (χ0v) is 47.5. The van der Waals surface area contributed by atoms with Crippen LogP contribution in [0.1, 0.15) is 119 Å². The predicted molar refractivity (Wildman–Crippen MR) is 313 cm³/mol. The van der Waals surface area contributed by atoms with E-state index >= 15 is 4.79 Å². The van der Waals surface area contributed by atoms with E-state index in [4.69, 9.17) is 32.9 Å². The van der Waals surface area contributed by atoms with Crippen molar-refractivity contribution in [3.05, 3.63) is 178 Å². The van der Waals surface area contributed by atoms with E-state index in [1.54, 1.807) is 35.5 Å². The lowest BCUT2D eigenvalue weighted by Gasteiger charge is -2.47. The van der Waals surface area contributed by atoms with E-state index < -0.39 is 11.1 Å². The molecule has 2 aliphatic rings. The van der Waals surface area contributed by atoms with Gasteiger partial charge in [0.15, 0.2) is 0 Å². The van der Waals surface area contributed by atoms with Gasteiger partial charge in [0.2, 0.25) is 5.91 Å². The molecule has 2 amide bonds. The molecule has 1 saturated heterocycles. The van der Waals surface area contributed by atoms with Crippen LogP contribution in [0.2, 0.25) is 10.0 Å². The Kier molecular flexibility index (Phi) is 16.3. The summed E-state index contributed by atoms with van der Waals surface area (Å²) in [5.74, 6) is 0.940. The van der Waals surface area contributed by atoms with E-state index in [0.29, 0.717) is 54.3 Å². The summed E-state index contributed by atoms with van der Waals surface area (Å²) in [6, 6.07) is 30.3. The van der Waals surface area contributed by atoms with Gasteiger partial charge in [-0.3, -0.25) is 24.3 Å². The van der Waals surface area contributed by atoms with Gasteiger partial charge in [0.1, 0.15) is 34.1 Å². The normalized spacial score (nSPS) is 17.9. The van der Waals surface area contributed by atoms with Crippen LogP contribution < -0.4 is 4.74 Å². The fraction of sp³-hybridized carbons (Fsp3) is 0.365. The number of fused-ring (bicyclic) bond motifs is 1. The van der Waals surface area contributed by atoms with Crippen molar-refractivity contribution in [3.63, 3.8) is 0 Å². The molecule has 410 valence electrons. The molecule has 8 aromatic rings. The number of carbonyl (C=O) groups excluding carboxylic acids is 2. The fourth-order valence-electron chi connectivity index (χ4n) is 11.2. The molecule has 0 unspecified atom stereocenters. The highest BCUT2D eigenvalue weighted by Crippen LogP contribution is 2.54. The Balaban J connectivity index is 0.723. The SMILES string of the molecule is CCOc1cc(C(C)(C)C)ccc1C1=N[C@](C)(c2ccc(Cl)cc2)[C@](C)(c2ccc(Cl)cc2)N1C(=O)N1CCN(CCCCCCCCC(=O)n2cc(-c3cnc4[nH]cc(-c5cnn(Cc6cccc(F)c6)c5)c4c3)cn2)CC1. The number of ether oxygens (including phenoxy) is 1. The number of carbonyl (C=O) groups is 2. The number of nitrogens with one attached hydrogen (secondary N) is 1. The van der Waals surface area contributed by atoms with Crippen molar-refractivity contribution in [1.82, 2.24) is 44.2 Å². The number of amides is 2. The van der Waals surface area contributed by atoms with Crippen LogP contribution in [0.5, 0.6) is 5.75 Å². The molecule has 16 heteroatoms. The van der Waals surface area contributed by atoms with E-state index in [1.165, 1.54) is 16.8 Å². The third-order valence-corrected chi connectivity index (χ3v) is 16.5. The first-order valence-electron chi connectivity index (χ1n) is 27.6. The smallest absolute Gasteiger partial charge is 0.326 e. The molecule has 0 spiro atoms. The number of hydrogen-bond acceptors (Lipinski definition) is 8. The molecule has 2 atom stereocenters. The largest absolute Gasteiger partial charge is 0.493 e. The minimum absolute atomic E-state index is 0.0330. The second kappa shape index (κ2) is 23.3. The topological polar surface area (TPSA) is 130 Å². The number of aromatic nitrogens is 6. The lowest BCUT2D eigenvalue weighted by molar-refractivity contribution is 0.0861. The molecule has 1 fully saturated rings. The molecule has 4 aromatic carbocycles. The van der Waals surface area contributed by atoms with Gasteiger partial charge in [0.05, 0.1) is 31.1 Å². The molecular formula is C63H69Cl2FN10O3. The molecule has 6 heterocycles. The first kappa shape index (κ1) is 55.2. The average molecular weight is 1100 g/mol. The van der Waals surface area contributed by atoms with Gasteiger partial charge >= 0.3 is 6.03 Å². The van der Waals surface area contributed by atoms with Crippen molar-refractivity contribution in [3.8, 4) is 28.0 Å². The van der Waals surface area contributed by atoms with Gasteiger partial charge in [-0.25, -0.2) is 18.9 Å². The maximum Gasteiger partial charge on any atom is 0.326 e. The van der Waals surface area contributed by atoms with Crippen LogP contribution in [0, 0.1) is 5.82 Å². The number of unbranched alkanes of at least 4 members (excludes halogenated alkanes) is 5. The lowest BCUT2D eigenvalue weighted by atomic mass is 9.71. The van der Waals surface area contributed by atoms with Crippen LogP contribution in [0.3, 0.4) is 0 Å². The molecule has 0 bridgehead atoms. The van der Waals surface area contributed by atoms with Crippen LogP contribution in [0.15, 0.2) is 139 Å². The number of H-pyrrole nitrogens is 1. The number of nitrogens with zero attached hydrogens (tertiary/aromatic N) is 9. The average Bonchev–Trinajstić information content (AvgIpc) is 3.33. The molecule has 2 aliphatic heterocycles. The van der Waals surface area contributed by atoms with Crippen molar-refractivity contribution < 1.29 is 18.7 Å². The van der Waals surface area contributed by atoms with Crippen LogP contribution in [0.4, 0.5) is 9.18 Å². The number of piperazine rings is 1. The summed E-state index contributed by atoms with van der Waals surface area (Å²) in [6.07, 6.45) is 17.4. The third kappa shape index (κ3) is 11.6. The summed E-state index contributed by atoms with van der Waals surface area (Å²) in [5, 5.41) is 11.1. The van der Waals surface area contributed by atoms with E-state index in [2.05, 4.69) is 83.9 Å². The Labute approximate surface area is 472 Å². The summed E-state index contributed by atoms with van der Waals surface area (Å²) in [4.78, 5) is 48.7. The molecule has 4 aromatic heterocycles. The number of amidine groups is 1. The Morgan fingerprint density at radius 1 is 0.747 bits per heavy atom. The Morgan fingerprint density at radius 2 is 1.44 bits per heavy atom. The zero-order valence-electron chi connectivity index (χ0n) is 46.0. The number of pyridine rings is 1. The molecule has 10 rings (SSSR count). The van der Waals surface area contributed by atoms with Gasteiger partial charge in [0, 0.05) is 95.1 Å². The van der Waals surface area contributed by atoms with E-state index in [-0.39, 0.29) is 23.2 Å². The molecular weight excluding hydrogens is 1030 g/mol. The first-order chi connectivity index (χ1) is 38.0. The Morgan fingerprint density at radius 3 is 2.15 bits per heavy atom. The molecule has 1 N–H and O–H groups in total. The molecule has 0 aliphatic carbocycles. The highest BCUT2D eigenvalue weighted by molar-refractivity contribution is 6.30. The van der Waals surface area contributed by atoms with Gasteiger partial charge in [-0.05, 0) is 122 Å². The number of aliphatic imine (C=N–C) groups is 1. The van der Waals surface area contributed by atoms with Gasteiger partial charge in [0.25, 0.3) is 0 Å². The quantitative estimate of drug-likeness (QED) is 0.0847. The fourth-order valence-corrected chi connectivity index (χ4v) is 11.4. The summed E-state index contributed by atoms with van der Waals surface area (Å²) in [6.45, 7) is 17.3. The number of halogens is 3. The van der Waals surface area contributed by atoms with Crippen molar-refractivity contribution in [1.29, 1.82) is 0 Å². The highest BCUT2D eigenvalue weighted by Gasteiger charge is 2.60. The Bertz CT molecular complexity index is 3480. The summed E-state index contributed by atoms with van der Waals surface area (Å²) >= 11 is 13.0. The van der Waals surface area contributed by atoms with Crippen molar-refractivity contribution in [2.75, 3.05) is 39.3 Å². The molecule has 13 nitrogen and oxygen atoms in total. The van der Waals surface area contributed by atoms with Crippen LogP contribution >= 0.6 is 23.2 Å². The van der Waals surface area contributed by atoms with E-state index in [1.807, 2.05) is 83.7 Å². The van der Waals surface area contributed by atoms with Gasteiger partial charge in [-0.15, -0.1) is 0 Å². The minimum atomic E-state index is -0.996. The van der Waals surface area contributed by atoms with Crippen LogP contribution in [0.25, 0.3) is 33.3 Å². The summed E-state index contributed by atoms with van der Waals surface area (Å²) < 4.78 is 23.4. The number of urea groups is 1. The number of aromatic amines is 1. The van der Waals surface area contributed by atoms with Crippen LogP contribution in [-0.2, 0) is 23.0 Å². The second-order valence-electron chi connectivity index (χ2n) is 22.3. The molecule has 79 heavy (non-hydrogen) atoms. The second-order valence-corrected chi connectivity index (χ2v) is 23.1. The zero-order chi connectivity index (χ0) is 55.5. The van der Waals surface area contributed by atoms with Crippen LogP contribution in [-0.4, -0.2) is 101 Å². The highest BCUT2D eigenvalue weighted by atomic mass is 35.5. The number of benzene rings is 4. The van der Waals surface area contributed by atoms with Crippen molar-refractivity contribution >= 4 is 52.0 Å². The molecule has 0 saturated carbocycles. The van der Waals surface area contributed by atoms with Gasteiger partial charge in [-0.2, -0.15) is 10.2 Å². The monoisotopic (exact) mass is 1100 g/mol. The van der Waals surface area contributed by atoms with Crippen molar-refractivity contribution in [2.45, 2.75) is 110 Å². The minimum Gasteiger partial charge on any atom is -0.493 e. The third-order valence-electron chi connectivity index (χ3n) is 16.0. The Hall–Kier alpha value is -7.13. The number of rotatable bonds is 18. The van der Waals surface area contributed by atoms with E-state index in [9.17, 15) is 9.18 Å². The van der Waals surface area contributed by atoms with E-state index in [0.717, 1.165) is 119 Å². The summed E-state index contributed by atoms with van der Waals surface area (Å²) in [7, 11) is 0. The summed E-state index contributed by atoms with van der Waals surface area (Å²) in [5.41, 5.74) is 6.74. The van der Waals surface area contributed by atoms with Gasteiger partial charge in [-0.1, -0.05) is 112 Å². The lowest BCUT2D eigenvalue weighted by Crippen LogP contribution is -2.60. The van der Waals surface area contributed by atoms with Gasteiger partial charge < -0.3 is 14.6 Å². The standard InChI is InChI=1S/C63H69Cl2FN10O3/c1-7-79-56-35-49(61(2,3)4)22-27-53(56)59-71-62(5,47-18-23-50(64)24-19-47)63(6,48-20-25-51(65)26-21-48)76(59)60(78)73-31-29-72(30-32-73)28-13-11-9-8-10-12-17-57(77)75-42-45(37-70-75)44-34-54-55(39-68-58(54)67-36-44)46-38-69-74(41-46)40-43-15-14-16-52(66)33-43/h14-16,18-27,33-39,41-42H,7-13,17,28-32,40H2,1-6H3,(H,67,68)/t62-,63+/m1/s1. The first-order valence-corrected chi connectivity index (χ1v) is 28.3. The molecule has 0 radical (unpaired) electrons.